The zero-order chi connectivity index (χ0) is 17.2. The Morgan fingerprint density at radius 3 is 2.26 bits per heavy atom. The molecule has 0 spiro atoms. The van der Waals surface area contributed by atoms with Crippen molar-refractivity contribution in [3.05, 3.63) is 24.3 Å². The standard InChI is InChI=1S/C17H25N3O3/c1-4-5-10-20(14(3)22)11-9-17(23)19-16-8-6-7-15(12-16)18-13(2)21/h6-8,12H,4-5,9-11H2,1-3H3,(H,18,21)(H,19,23). The van der Waals surface area contributed by atoms with Crippen LogP contribution in [0, 0.1) is 0 Å². The maximum Gasteiger partial charge on any atom is 0.226 e. The summed E-state index contributed by atoms with van der Waals surface area (Å²) < 4.78 is 0. The third kappa shape index (κ3) is 7.44. The summed E-state index contributed by atoms with van der Waals surface area (Å²) in [6.45, 7) is 6.10. The molecule has 0 aliphatic heterocycles. The molecule has 1 aromatic rings. The highest BCUT2D eigenvalue weighted by atomic mass is 16.2. The molecule has 1 rings (SSSR count). The molecule has 6 nitrogen and oxygen atoms in total. The second kappa shape index (κ2) is 9.61. The Hall–Kier alpha value is -2.37. The largest absolute Gasteiger partial charge is 0.342 e. The summed E-state index contributed by atoms with van der Waals surface area (Å²) in [4.78, 5) is 36.3. The number of hydrogen-bond donors (Lipinski definition) is 2. The summed E-state index contributed by atoms with van der Waals surface area (Å²) in [7, 11) is 0. The average molecular weight is 319 g/mol. The van der Waals surface area contributed by atoms with E-state index in [0.717, 1.165) is 12.8 Å². The molecule has 0 bridgehead atoms. The van der Waals surface area contributed by atoms with Crippen LogP contribution in [0.25, 0.3) is 0 Å². The molecule has 0 aliphatic carbocycles. The van der Waals surface area contributed by atoms with Crippen LogP contribution in [0.4, 0.5) is 11.4 Å². The molecule has 23 heavy (non-hydrogen) atoms. The number of amides is 3. The van der Waals surface area contributed by atoms with E-state index in [2.05, 4.69) is 17.6 Å². The molecule has 0 unspecified atom stereocenters. The van der Waals surface area contributed by atoms with Gasteiger partial charge in [0.15, 0.2) is 0 Å². The lowest BCUT2D eigenvalue weighted by Gasteiger charge is -2.20. The van der Waals surface area contributed by atoms with Crippen LogP contribution in [0.2, 0.25) is 0 Å². The van der Waals surface area contributed by atoms with E-state index in [4.69, 9.17) is 0 Å². The van der Waals surface area contributed by atoms with Crippen LogP contribution in [0.1, 0.15) is 40.0 Å². The Morgan fingerprint density at radius 1 is 1.04 bits per heavy atom. The lowest BCUT2D eigenvalue weighted by molar-refractivity contribution is -0.129. The van der Waals surface area contributed by atoms with Crippen molar-refractivity contribution in [1.29, 1.82) is 0 Å². The Labute approximate surface area is 137 Å². The van der Waals surface area contributed by atoms with Gasteiger partial charge in [0.1, 0.15) is 0 Å². The summed E-state index contributed by atoms with van der Waals surface area (Å²) >= 11 is 0. The van der Waals surface area contributed by atoms with Gasteiger partial charge in [0.05, 0.1) is 0 Å². The topological polar surface area (TPSA) is 78.5 Å². The Bertz CT molecular complexity index is 558. The monoisotopic (exact) mass is 319 g/mol. The highest BCUT2D eigenvalue weighted by Gasteiger charge is 2.11. The van der Waals surface area contributed by atoms with Gasteiger partial charge in [-0.15, -0.1) is 0 Å². The summed E-state index contributed by atoms with van der Waals surface area (Å²) in [6.07, 6.45) is 2.18. The van der Waals surface area contributed by atoms with Crippen molar-refractivity contribution in [3.8, 4) is 0 Å². The zero-order valence-electron chi connectivity index (χ0n) is 14.0. The molecule has 0 atom stereocenters. The summed E-state index contributed by atoms with van der Waals surface area (Å²) in [6, 6.07) is 6.95. The van der Waals surface area contributed by atoms with Gasteiger partial charge in [-0.05, 0) is 24.6 Å². The number of carbonyl (C=O) groups is 3. The van der Waals surface area contributed by atoms with Crippen LogP contribution in [-0.4, -0.2) is 35.7 Å². The molecule has 0 saturated heterocycles. The number of nitrogens with one attached hydrogen (secondary N) is 2. The number of anilines is 2. The normalized spacial score (nSPS) is 10.0. The fourth-order valence-corrected chi connectivity index (χ4v) is 2.11. The third-order valence-electron chi connectivity index (χ3n) is 3.30. The predicted octanol–water partition coefficient (Wildman–Crippen LogP) is 2.62. The summed E-state index contributed by atoms with van der Waals surface area (Å²) in [5.74, 6) is -0.340. The Kier molecular flexibility index (Phi) is 7.80. The minimum Gasteiger partial charge on any atom is -0.342 e. The average Bonchev–Trinajstić information content (AvgIpc) is 2.46. The number of hydrogen-bond acceptors (Lipinski definition) is 3. The number of benzene rings is 1. The van der Waals surface area contributed by atoms with E-state index in [0.29, 0.717) is 24.5 Å². The first-order valence-corrected chi connectivity index (χ1v) is 7.85. The second-order valence-corrected chi connectivity index (χ2v) is 5.42. The molecule has 126 valence electrons. The molecule has 0 radical (unpaired) electrons. The maximum atomic E-state index is 12.0. The second-order valence-electron chi connectivity index (χ2n) is 5.42. The van der Waals surface area contributed by atoms with Crippen LogP contribution in [-0.2, 0) is 14.4 Å². The van der Waals surface area contributed by atoms with Crippen molar-refractivity contribution in [2.45, 2.75) is 40.0 Å². The first kappa shape index (κ1) is 18.7. The molecule has 0 aliphatic rings. The molecular formula is C17H25N3O3. The predicted molar refractivity (Wildman–Crippen MR) is 91.2 cm³/mol. The molecule has 6 heteroatoms. The van der Waals surface area contributed by atoms with E-state index >= 15 is 0 Å². The summed E-state index contributed by atoms with van der Waals surface area (Å²) in [5, 5.41) is 5.44. The fourth-order valence-electron chi connectivity index (χ4n) is 2.11. The van der Waals surface area contributed by atoms with Gasteiger partial charge in [0.2, 0.25) is 17.7 Å². The van der Waals surface area contributed by atoms with Gasteiger partial charge in [-0.2, -0.15) is 0 Å². The van der Waals surface area contributed by atoms with Gasteiger partial charge in [-0.25, -0.2) is 0 Å². The summed E-state index contributed by atoms with van der Waals surface area (Å²) in [5.41, 5.74) is 1.24. The highest BCUT2D eigenvalue weighted by Crippen LogP contribution is 2.15. The van der Waals surface area contributed by atoms with Gasteiger partial charge in [0, 0.05) is 44.7 Å². The van der Waals surface area contributed by atoms with E-state index < -0.39 is 0 Å². The molecule has 0 heterocycles. The van der Waals surface area contributed by atoms with Crippen molar-refractivity contribution in [3.63, 3.8) is 0 Å². The minimum absolute atomic E-state index is 0.0149. The van der Waals surface area contributed by atoms with Crippen molar-refractivity contribution < 1.29 is 14.4 Å². The van der Waals surface area contributed by atoms with E-state index in [1.165, 1.54) is 13.8 Å². The zero-order valence-corrected chi connectivity index (χ0v) is 14.0. The molecule has 0 fully saturated rings. The lowest BCUT2D eigenvalue weighted by Crippen LogP contribution is -2.32. The third-order valence-corrected chi connectivity index (χ3v) is 3.30. The molecule has 2 N–H and O–H groups in total. The van der Waals surface area contributed by atoms with Gasteiger partial charge < -0.3 is 15.5 Å². The van der Waals surface area contributed by atoms with Crippen molar-refractivity contribution in [1.82, 2.24) is 4.90 Å². The van der Waals surface area contributed by atoms with Crippen molar-refractivity contribution in [2.75, 3.05) is 23.7 Å². The van der Waals surface area contributed by atoms with E-state index in [1.807, 2.05) is 0 Å². The quantitative estimate of drug-likeness (QED) is 0.773. The van der Waals surface area contributed by atoms with Gasteiger partial charge in [0.25, 0.3) is 0 Å². The number of unbranched alkanes of at least 4 members (excludes halogenated alkanes) is 1. The van der Waals surface area contributed by atoms with Gasteiger partial charge in [-0.1, -0.05) is 19.4 Å². The number of rotatable bonds is 8. The van der Waals surface area contributed by atoms with E-state index in [-0.39, 0.29) is 24.1 Å². The van der Waals surface area contributed by atoms with Gasteiger partial charge in [-0.3, -0.25) is 14.4 Å². The number of nitrogens with zero attached hydrogens (tertiary/aromatic N) is 1. The minimum atomic E-state index is -0.165. The van der Waals surface area contributed by atoms with Gasteiger partial charge >= 0.3 is 0 Å². The SMILES string of the molecule is CCCCN(CCC(=O)Nc1cccc(NC(C)=O)c1)C(C)=O. The van der Waals surface area contributed by atoms with Crippen LogP contribution in [0.5, 0.6) is 0 Å². The molecule has 0 saturated carbocycles. The van der Waals surface area contributed by atoms with Crippen LogP contribution < -0.4 is 10.6 Å². The highest BCUT2D eigenvalue weighted by molar-refractivity contribution is 5.93. The van der Waals surface area contributed by atoms with Crippen LogP contribution in [0.15, 0.2) is 24.3 Å². The lowest BCUT2D eigenvalue weighted by atomic mass is 10.2. The van der Waals surface area contributed by atoms with E-state index in [1.54, 1.807) is 29.2 Å². The number of carbonyl (C=O) groups excluding carboxylic acids is 3. The van der Waals surface area contributed by atoms with Crippen molar-refractivity contribution in [2.24, 2.45) is 0 Å². The van der Waals surface area contributed by atoms with Crippen LogP contribution in [0.3, 0.4) is 0 Å². The smallest absolute Gasteiger partial charge is 0.226 e. The van der Waals surface area contributed by atoms with Crippen molar-refractivity contribution >= 4 is 29.1 Å². The molecule has 0 aromatic heterocycles. The fraction of sp³-hybridized carbons (Fsp3) is 0.471. The first-order valence-electron chi connectivity index (χ1n) is 7.85. The molecule has 1 aromatic carbocycles. The molecular weight excluding hydrogens is 294 g/mol. The molecule has 3 amide bonds. The first-order chi connectivity index (χ1) is 10.9. The maximum absolute atomic E-state index is 12.0. The Morgan fingerprint density at radius 2 is 1.70 bits per heavy atom. The van der Waals surface area contributed by atoms with E-state index in [9.17, 15) is 14.4 Å². The van der Waals surface area contributed by atoms with Crippen LogP contribution >= 0.6 is 0 Å². The Balaban J connectivity index is 2.52.